The molecule has 0 radical (unpaired) electrons. The minimum absolute atomic E-state index is 0.174. The van der Waals surface area contributed by atoms with Gasteiger partial charge in [-0.15, -0.1) is 0 Å². The summed E-state index contributed by atoms with van der Waals surface area (Å²) >= 11 is 0. The molecule has 2 rings (SSSR count). The van der Waals surface area contributed by atoms with Crippen molar-refractivity contribution in [1.29, 1.82) is 5.26 Å². The normalized spacial score (nSPS) is 9.81. The Labute approximate surface area is 90.0 Å². The summed E-state index contributed by atoms with van der Waals surface area (Å²) in [6, 6.07) is 4.86. The average molecular weight is 217 g/mol. The van der Waals surface area contributed by atoms with Crippen molar-refractivity contribution in [1.82, 2.24) is 9.97 Å². The average Bonchev–Trinajstić information content (AvgIpc) is 2.27. The van der Waals surface area contributed by atoms with Crippen LogP contribution in [0.5, 0.6) is 0 Å². The number of nitriles is 1. The highest BCUT2D eigenvalue weighted by atomic mass is 19.1. The van der Waals surface area contributed by atoms with Crippen molar-refractivity contribution in [2.75, 3.05) is 0 Å². The zero-order chi connectivity index (χ0) is 11.5. The molecule has 0 amide bonds. The number of nitrogens with zero attached hydrogens (tertiary/aromatic N) is 3. The molecule has 0 spiro atoms. The Morgan fingerprint density at radius 1 is 1.12 bits per heavy atom. The van der Waals surface area contributed by atoms with Gasteiger partial charge in [0.05, 0.1) is 11.3 Å². The van der Waals surface area contributed by atoms with Crippen LogP contribution in [0.3, 0.4) is 0 Å². The predicted octanol–water partition coefficient (Wildman–Crippen LogP) is 2.29. The Morgan fingerprint density at radius 2 is 1.81 bits per heavy atom. The molecule has 1 heterocycles. The number of hydrogen-bond acceptors (Lipinski definition) is 3. The molecule has 0 fully saturated rings. The van der Waals surface area contributed by atoms with Gasteiger partial charge in [-0.3, -0.25) is 0 Å². The van der Waals surface area contributed by atoms with E-state index in [2.05, 4.69) is 9.97 Å². The van der Waals surface area contributed by atoms with Crippen molar-refractivity contribution < 1.29 is 8.78 Å². The summed E-state index contributed by atoms with van der Waals surface area (Å²) in [5, 5.41) is 8.80. The fraction of sp³-hybridized carbons (Fsp3) is 0. The van der Waals surface area contributed by atoms with Gasteiger partial charge in [-0.05, 0) is 12.1 Å². The lowest BCUT2D eigenvalue weighted by Crippen LogP contribution is -1.92. The molecule has 0 aliphatic carbocycles. The molecule has 0 saturated heterocycles. The van der Waals surface area contributed by atoms with Gasteiger partial charge in [0.2, 0.25) is 0 Å². The quantitative estimate of drug-likeness (QED) is 0.736. The first kappa shape index (κ1) is 10.2. The number of hydrogen-bond donors (Lipinski definition) is 0. The van der Waals surface area contributed by atoms with Crippen LogP contribution in [0.1, 0.15) is 5.56 Å². The van der Waals surface area contributed by atoms with E-state index in [1.54, 1.807) is 0 Å². The van der Waals surface area contributed by atoms with Crippen molar-refractivity contribution >= 4 is 0 Å². The Bertz CT molecular complexity index is 555. The summed E-state index contributed by atoms with van der Waals surface area (Å²) in [4.78, 5) is 7.50. The van der Waals surface area contributed by atoms with E-state index < -0.39 is 11.6 Å². The van der Waals surface area contributed by atoms with Crippen molar-refractivity contribution in [3.05, 3.63) is 47.9 Å². The van der Waals surface area contributed by atoms with Gasteiger partial charge in [0.1, 0.15) is 24.0 Å². The van der Waals surface area contributed by atoms with E-state index in [9.17, 15) is 8.78 Å². The summed E-state index contributed by atoms with van der Waals surface area (Å²) in [5.41, 5.74) is 0.611. The Hall–Kier alpha value is -2.35. The Kier molecular flexibility index (Phi) is 2.56. The third kappa shape index (κ3) is 1.86. The third-order valence-corrected chi connectivity index (χ3v) is 1.97. The molecular weight excluding hydrogens is 212 g/mol. The van der Waals surface area contributed by atoms with E-state index >= 15 is 0 Å². The summed E-state index contributed by atoms with van der Waals surface area (Å²) < 4.78 is 26.0. The minimum atomic E-state index is -0.711. The van der Waals surface area contributed by atoms with Gasteiger partial charge in [0.25, 0.3) is 0 Å². The van der Waals surface area contributed by atoms with Gasteiger partial charge in [-0.25, -0.2) is 18.7 Å². The molecule has 78 valence electrons. The largest absolute Gasteiger partial charge is 0.243 e. The zero-order valence-corrected chi connectivity index (χ0v) is 7.98. The summed E-state index contributed by atoms with van der Waals surface area (Å²) in [7, 11) is 0. The molecule has 5 heteroatoms. The number of halogens is 2. The van der Waals surface area contributed by atoms with E-state index in [0.29, 0.717) is 0 Å². The second-order valence-electron chi connectivity index (χ2n) is 3.05. The lowest BCUT2D eigenvalue weighted by Gasteiger charge is -2.02. The maximum absolute atomic E-state index is 13.0. The number of rotatable bonds is 1. The van der Waals surface area contributed by atoms with Crippen molar-refractivity contribution in [2.24, 2.45) is 0 Å². The van der Waals surface area contributed by atoms with Crippen LogP contribution < -0.4 is 0 Å². The highest BCUT2D eigenvalue weighted by Crippen LogP contribution is 2.21. The van der Waals surface area contributed by atoms with E-state index in [1.165, 1.54) is 12.5 Å². The summed E-state index contributed by atoms with van der Waals surface area (Å²) in [6.45, 7) is 0. The van der Waals surface area contributed by atoms with Gasteiger partial charge >= 0.3 is 0 Å². The van der Waals surface area contributed by atoms with Crippen molar-refractivity contribution in [2.45, 2.75) is 0 Å². The monoisotopic (exact) mass is 217 g/mol. The second-order valence-corrected chi connectivity index (χ2v) is 3.05. The number of benzene rings is 1. The topological polar surface area (TPSA) is 49.6 Å². The maximum atomic E-state index is 13.0. The van der Waals surface area contributed by atoms with Gasteiger partial charge in [-0.2, -0.15) is 5.26 Å². The van der Waals surface area contributed by atoms with E-state index in [1.807, 2.05) is 6.07 Å². The van der Waals surface area contributed by atoms with Gasteiger partial charge in [0.15, 0.2) is 0 Å². The molecule has 1 aromatic heterocycles. The molecule has 0 atom stereocenters. The Morgan fingerprint density at radius 3 is 2.44 bits per heavy atom. The number of aromatic nitrogens is 2. The van der Waals surface area contributed by atoms with Gasteiger partial charge in [-0.1, -0.05) is 0 Å². The standard InChI is InChI=1S/C11H5F2N3/c12-9-1-7(2-10(13)3-9)11-8(4-14)5-15-6-16-11/h1-3,5-6H. The van der Waals surface area contributed by atoms with E-state index in [0.717, 1.165) is 18.2 Å². The molecule has 16 heavy (non-hydrogen) atoms. The fourth-order valence-corrected chi connectivity index (χ4v) is 1.33. The molecule has 0 aliphatic rings. The molecule has 1 aromatic carbocycles. The first-order chi connectivity index (χ1) is 7.70. The Balaban J connectivity index is 2.63. The predicted molar refractivity (Wildman–Crippen MR) is 52.1 cm³/mol. The van der Waals surface area contributed by atoms with Crippen LogP contribution in [0.2, 0.25) is 0 Å². The van der Waals surface area contributed by atoms with Crippen LogP contribution in [-0.4, -0.2) is 9.97 Å². The molecule has 0 N–H and O–H groups in total. The van der Waals surface area contributed by atoms with Crippen LogP contribution in [0.15, 0.2) is 30.7 Å². The maximum Gasteiger partial charge on any atom is 0.126 e. The lowest BCUT2D eigenvalue weighted by molar-refractivity contribution is 0.584. The van der Waals surface area contributed by atoms with Crippen LogP contribution in [0, 0.1) is 23.0 Å². The highest BCUT2D eigenvalue weighted by molar-refractivity contribution is 5.65. The van der Waals surface area contributed by atoms with Crippen molar-refractivity contribution in [3.8, 4) is 17.3 Å². The summed E-state index contributed by atoms with van der Waals surface area (Å²) in [6.07, 6.45) is 2.52. The summed E-state index contributed by atoms with van der Waals surface area (Å²) in [5.74, 6) is -1.42. The van der Waals surface area contributed by atoms with E-state index in [-0.39, 0.29) is 16.8 Å². The van der Waals surface area contributed by atoms with Crippen LogP contribution in [0.4, 0.5) is 8.78 Å². The van der Waals surface area contributed by atoms with Crippen LogP contribution in [0.25, 0.3) is 11.3 Å². The van der Waals surface area contributed by atoms with Crippen LogP contribution in [-0.2, 0) is 0 Å². The highest BCUT2D eigenvalue weighted by Gasteiger charge is 2.09. The minimum Gasteiger partial charge on any atom is -0.243 e. The van der Waals surface area contributed by atoms with Gasteiger partial charge in [0, 0.05) is 17.8 Å². The molecular formula is C11H5F2N3. The van der Waals surface area contributed by atoms with Gasteiger partial charge < -0.3 is 0 Å². The second kappa shape index (κ2) is 4.03. The zero-order valence-electron chi connectivity index (χ0n) is 7.98. The van der Waals surface area contributed by atoms with Crippen LogP contribution >= 0.6 is 0 Å². The molecule has 0 bridgehead atoms. The SMILES string of the molecule is N#Cc1cncnc1-c1cc(F)cc(F)c1. The fourth-order valence-electron chi connectivity index (χ4n) is 1.33. The first-order valence-electron chi connectivity index (χ1n) is 4.37. The first-order valence-corrected chi connectivity index (χ1v) is 4.37. The van der Waals surface area contributed by atoms with Crippen molar-refractivity contribution in [3.63, 3.8) is 0 Å². The smallest absolute Gasteiger partial charge is 0.126 e. The van der Waals surface area contributed by atoms with E-state index in [4.69, 9.17) is 5.26 Å². The lowest BCUT2D eigenvalue weighted by atomic mass is 10.1. The molecule has 0 aliphatic heterocycles. The molecule has 0 unspecified atom stereocenters. The molecule has 3 nitrogen and oxygen atoms in total. The third-order valence-electron chi connectivity index (χ3n) is 1.97. The molecule has 2 aromatic rings. The molecule has 0 saturated carbocycles.